The highest BCUT2D eigenvalue weighted by Crippen LogP contribution is 2.38. The second kappa shape index (κ2) is 14.1. The molecule has 0 unspecified atom stereocenters. The quantitative estimate of drug-likeness (QED) is 0.152. The second-order valence-electron chi connectivity index (χ2n) is 10.4. The van der Waals surface area contributed by atoms with Gasteiger partial charge >= 0.3 is 5.97 Å². The van der Waals surface area contributed by atoms with E-state index in [9.17, 15) is 14.0 Å². The minimum atomic E-state index is -0.910. The average molecular weight is 734 g/mol. The van der Waals surface area contributed by atoms with E-state index in [0.29, 0.717) is 52.7 Å². The van der Waals surface area contributed by atoms with E-state index in [4.69, 9.17) is 30.8 Å². The van der Waals surface area contributed by atoms with Crippen LogP contribution in [0.25, 0.3) is 11.8 Å². The molecule has 0 N–H and O–H groups in total. The lowest BCUT2D eigenvalue weighted by Crippen LogP contribution is -2.40. The highest BCUT2D eigenvalue weighted by molar-refractivity contribution is 9.10. The van der Waals surface area contributed by atoms with Crippen molar-refractivity contribution in [2.75, 3.05) is 13.7 Å². The minimum Gasteiger partial charge on any atom is -0.493 e. The number of nitrogens with zero attached hydrogens (tertiary/aromatic N) is 2. The Labute approximate surface area is 287 Å². The molecule has 4 aromatic carbocycles. The number of fused-ring (bicyclic) bond motifs is 1. The summed E-state index contributed by atoms with van der Waals surface area (Å²) in [5.41, 5.74) is 2.99. The van der Waals surface area contributed by atoms with Crippen molar-refractivity contribution in [3.05, 3.63) is 154 Å². The number of aromatic nitrogens is 1. The minimum absolute atomic E-state index is 0.125. The molecular formula is C36H27BrClFN2O5S. The third kappa shape index (κ3) is 6.81. The van der Waals surface area contributed by atoms with Crippen molar-refractivity contribution in [1.82, 2.24) is 4.57 Å². The maximum atomic E-state index is 14.2. The fourth-order valence-electron chi connectivity index (χ4n) is 5.30. The summed E-state index contributed by atoms with van der Waals surface area (Å²) < 4.78 is 33.7. The maximum Gasteiger partial charge on any atom is 0.338 e. The van der Waals surface area contributed by atoms with Crippen molar-refractivity contribution in [3.8, 4) is 11.5 Å². The van der Waals surface area contributed by atoms with E-state index < -0.39 is 17.8 Å². The number of benzene rings is 4. The number of ether oxygens (including phenoxy) is 3. The van der Waals surface area contributed by atoms with E-state index >= 15 is 0 Å². The number of esters is 1. The van der Waals surface area contributed by atoms with Gasteiger partial charge in [-0.2, -0.15) is 0 Å². The molecule has 47 heavy (non-hydrogen) atoms. The van der Waals surface area contributed by atoms with Gasteiger partial charge < -0.3 is 14.2 Å². The summed E-state index contributed by atoms with van der Waals surface area (Å²) >= 11 is 10.9. The molecule has 0 bridgehead atoms. The van der Waals surface area contributed by atoms with Crippen molar-refractivity contribution < 1.29 is 23.4 Å². The van der Waals surface area contributed by atoms with Crippen LogP contribution >= 0.6 is 38.9 Å². The van der Waals surface area contributed by atoms with Gasteiger partial charge in [-0.1, -0.05) is 77.5 Å². The lowest BCUT2D eigenvalue weighted by molar-refractivity contribution is -0.138. The topological polar surface area (TPSA) is 79.1 Å². The largest absolute Gasteiger partial charge is 0.493 e. The van der Waals surface area contributed by atoms with Crippen LogP contribution in [-0.4, -0.2) is 24.3 Å². The van der Waals surface area contributed by atoms with Gasteiger partial charge in [0.15, 0.2) is 16.3 Å². The predicted molar refractivity (Wildman–Crippen MR) is 184 cm³/mol. The smallest absolute Gasteiger partial charge is 0.338 e. The fourth-order valence-corrected chi connectivity index (χ4v) is 7.09. The highest BCUT2D eigenvalue weighted by atomic mass is 79.9. The molecule has 6 rings (SSSR count). The van der Waals surface area contributed by atoms with Crippen LogP contribution in [0.15, 0.2) is 111 Å². The van der Waals surface area contributed by atoms with Crippen LogP contribution in [0.5, 0.6) is 11.5 Å². The molecule has 0 saturated carbocycles. The van der Waals surface area contributed by atoms with Gasteiger partial charge in [0.05, 0.1) is 40.0 Å². The average Bonchev–Trinajstić information content (AvgIpc) is 3.38. The summed E-state index contributed by atoms with van der Waals surface area (Å²) in [6, 6.07) is 25.0. The Hall–Kier alpha value is -4.51. The molecule has 1 atom stereocenters. The van der Waals surface area contributed by atoms with E-state index in [0.717, 1.165) is 5.56 Å². The Balaban J connectivity index is 1.49. The molecule has 0 saturated heterocycles. The van der Waals surface area contributed by atoms with Crippen molar-refractivity contribution in [1.29, 1.82) is 0 Å². The summed E-state index contributed by atoms with van der Waals surface area (Å²) in [6.07, 6.45) is 1.73. The zero-order valence-electron chi connectivity index (χ0n) is 25.2. The summed E-state index contributed by atoms with van der Waals surface area (Å²) in [6.45, 7) is 2.10. The van der Waals surface area contributed by atoms with E-state index in [-0.39, 0.29) is 24.3 Å². The Morgan fingerprint density at radius 3 is 2.53 bits per heavy atom. The standard InChI is InChI=1S/C36H27BrClFN2O5S/c1-3-45-35(43)30-31(23-9-5-4-6-10-23)40-36-41(32(30)24-12-14-26(39)15-13-24)34(42)29(47-36)19-22-17-27(37)33(28(18-22)44-2)46-20-21-8-7-11-25(38)16-21/h4-19,32H,3,20H2,1-2H3/b29-19-/t32-/m1/s1. The van der Waals surface area contributed by atoms with Gasteiger partial charge in [-0.25, -0.2) is 14.2 Å². The first-order valence-corrected chi connectivity index (χ1v) is 16.5. The van der Waals surface area contributed by atoms with Gasteiger partial charge in [0.25, 0.3) is 5.56 Å². The number of thiazole rings is 1. The number of hydrogen-bond donors (Lipinski definition) is 0. The summed E-state index contributed by atoms with van der Waals surface area (Å²) in [5, 5.41) is 0.612. The molecule has 1 aliphatic rings. The zero-order valence-corrected chi connectivity index (χ0v) is 28.4. The van der Waals surface area contributed by atoms with Crippen LogP contribution in [0, 0.1) is 5.82 Å². The van der Waals surface area contributed by atoms with Gasteiger partial charge in [-0.05, 0) is 82.0 Å². The number of halogens is 3. The molecule has 0 spiro atoms. The van der Waals surface area contributed by atoms with Crippen molar-refractivity contribution in [3.63, 3.8) is 0 Å². The van der Waals surface area contributed by atoms with Crippen LogP contribution in [0.1, 0.15) is 35.2 Å². The molecule has 1 aliphatic heterocycles. The Bertz CT molecular complexity index is 2180. The Morgan fingerprint density at radius 1 is 1.06 bits per heavy atom. The molecule has 0 radical (unpaired) electrons. The van der Waals surface area contributed by atoms with Crippen molar-refractivity contribution in [2.24, 2.45) is 4.99 Å². The first-order valence-electron chi connectivity index (χ1n) is 14.6. The van der Waals surface area contributed by atoms with Gasteiger partial charge in [-0.15, -0.1) is 0 Å². The zero-order chi connectivity index (χ0) is 33.1. The first kappa shape index (κ1) is 32.4. The summed E-state index contributed by atoms with van der Waals surface area (Å²) in [7, 11) is 1.54. The molecule has 0 aliphatic carbocycles. The molecule has 0 fully saturated rings. The van der Waals surface area contributed by atoms with Crippen molar-refractivity contribution in [2.45, 2.75) is 19.6 Å². The molecule has 0 amide bonds. The van der Waals surface area contributed by atoms with Crippen LogP contribution < -0.4 is 24.4 Å². The van der Waals surface area contributed by atoms with E-state index in [1.807, 2.05) is 54.6 Å². The summed E-state index contributed by atoms with van der Waals surface area (Å²) in [4.78, 5) is 33.0. The Kier molecular flexibility index (Phi) is 9.72. The first-order chi connectivity index (χ1) is 22.8. The maximum absolute atomic E-state index is 14.2. The molecule has 11 heteroatoms. The van der Waals surface area contributed by atoms with E-state index in [1.165, 1.54) is 35.1 Å². The molecule has 1 aromatic heterocycles. The number of methoxy groups -OCH3 is 1. The summed E-state index contributed by atoms with van der Waals surface area (Å²) in [5.74, 6) is -0.0964. The molecule has 238 valence electrons. The number of carbonyl (C=O) groups excluding carboxylic acids is 1. The third-order valence-electron chi connectivity index (χ3n) is 7.38. The second-order valence-corrected chi connectivity index (χ2v) is 12.7. The van der Waals surface area contributed by atoms with Crippen LogP contribution in [0.2, 0.25) is 5.02 Å². The molecule has 7 nitrogen and oxygen atoms in total. The monoisotopic (exact) mass is 732 g/mol. The third-order valence-corrected chi connectivity index (χ3v) is 9.19. The molecular weight excluding hydrogens is 707 g/mol. The van der Waals surface area contributed by atoms with Gasteiger partial charge in [0, 0.05) is 10.6 Å². The number of rotatable bonds is 9. The van der Waals surface area contributed by atoms with Gasteiger partial charge in [0.2, 0.25) is 0 Å². The van der Waals surface area contributed by atoms with Crippen LogP contribution in [-0.2, 0) is 16.1 Å². The predicted octanol–water partition coefficient (Wildman–Crippen LogP) is 7.08. The normalized spacial score (nSPS) is 14.4. The fraction of sp³-hybridized carbons (Fsp3) is 0.139. The number of carbonyl (C=O) groups is 1. The highest BCUT2D eigenvalue weighted by Gasteiger charge is 2.35. The van der Waals surface area contributed by atoms with Gasteiger partial charge in [0.1, 0.15) is 12.4 Å². The van der Waals surface area contributed by atoms with Crippen LogP contribution in [0.3, 0.4) is 0 Å². The van der Waals surface area contributed by atoms with E-state index in [2.05, 4.69) is 15.9 Å². The lowest BCUT2D eigenvalue weighted by atomic mass is 9.93. The SMILES string of the molecule is CCOC(=O)C1=C(c2ccccc2)N=c2s/c(=C\c3cc(Br)c(OCc4cccc(Cl)c4)c(OC)c3)c(=O)n2[C@@H]1c1ccc(F)cc1. The van der Waals surface area contributed by atoms with Crippen LogP contribution in [0.4, 0.5) is 4.39 Å². The van der Waals surface area contributed by atoms with Gasteiger partial charge in [-0.3, -0.25) is 9.36 Å². The molecule has 5 aromatic rings. The molecule has 2 heterocycles. The lowest BCUT2D eigenvalue weighted by Gasteiger charge is -2.25. The Morgan fingerprint density at radius 2 is 1.83 bits per heavy atom. The number of hydrogen-bond acceptors (Lipinski definition) is 7. The van der Waals surface area contributed by atoms with E-state index in [1.54, 1.807) is 37.3 Å². The van der Waals surface area contributed by atoms with Crippen molar-refractivity contribution >= 4 is 56.6 Å².